The van der Waals surface area contributed by atoms with Gasteiger partial charge in [0.2, 0.25) is 0 Å². The molecule has 0 amide bonds. The van der Waals surface area contributed by atoms with Gasteiger partial charge in [-0.3, -0.25) is 0 Å². The third-order valence-corrected chi connectivity index (χ3v) is 2.92. The van der Waals surface area contributed by atoms with E-state index in [-0.39, 0.29) is 0 Å². The Morgan fingerprint density at radius 3 is 2.64 bits per heavy atom. The summed E-state index contributed by atoms with van der Waals surface area (Å²) in [7, 11) is 0. The number of thiophene rings is 1. The number of rotatable bonds is 4. The number of hydrogen-bond donors (Lipinski definition) is 1. The second kappa shape index (κ2) is 4.94. The summed E-state index contributed by atoms with van der Waals surface area (Å²) in [5.41, 5.74) is 1.84. The van der Waals surface area contributed by atoms with Gasteiger partial charge in [-0.1, -0.05) is 27.7 Å². The predicted molar refractivity (Wildman–Crippen MR) is 65.1 cm³/mol. The Hall–Kier alpha value is -0.340. The zero-order valence-corrected chi connectivity index (χ0v) is 10.4. The van der Waals surface area contributed by atoms with Gasteiger partial charge < -0.3 is 5.32 Å². The molecule has 80 valence electrons. The zero-order chi connectivity index (χ0) is 10.6. The molecular weight excluding hydrogens is 190 g/mol. The van der Waals surface area contributed by atoms with Crippen molar-refractivity contribution in [3.63, 3.8) is 0 Å². The van der Waals surface area contributed by atoms with Crippen LogP contribution >= 0.6 is 11.3 Å². The van der Waals surface area contributed by atoms with Crippen molar-refractivity contribution in [2.24, 2.45) is 5.41 Å². The summed E-state index contributed by atoms with van der Waals surface area (Å²) in [6.45, 7) is 11.2. The minimum atomic E-state index is 0.383. The highest BCUT2D eigenvalue weighted by Gasteiger charge is 2.11. The summed E-state index contributed by atoms with van der Waals surface area (Å²) in [6, 6.07) is 2.22. The Morgan fingerprint density at radius 1 is 1.43 bits per heavy atom. The standard InChI is InChI=1S/C12H21NS/c1-10(11-5-6-14-8-11)7-13-9-12(2,3)4/h5-6,8,10,13H,7,9H2,1-4H3. The van der Waals surface area contributed by atoms with Gasteiger partial charge in [0.15, 0.2) is 0 Å². The van der Waals surface area contributed by atoms with Gasteiger partial charge in [-0.2, -0.15) is 11.3 Å². The topological polar surface area (TPSA) is 12.0 Å². The highest BCUT2D eigenvalue weighted by molar-refractivity contribution is 7.07. The minimum absolute atomic E-state index is 0.383. The summed E-state index contributed by atoms with van der Waals surface area (Å²) < 4.78 is 0. The maximum Gasteiger partial charge on any atom is 0.00180 e. The van der Waals surface area contributed by atoms with Gasteiger partial charge in [0.1, 0.15) is 0 Å². The molecule has 0 radical (unpaired) electrons. The maximum absolute atomic E-state index is 3.52. The van der Waals surface area contributed by atoms with Gasteiger partial charge in [0.05, 0.1) is 0 Å². The van der Waals surface area contributed by atoms with Crippen LogP contribution in [-0.2, 0) is 0 Å². The largest absolute Gasteiger partial charge is 0.316 e. The molecule has 1 aromatic heterocycles. The van der Waals surface area contributed by atoms with Crippen molar-refractivity contribution >= 4 is 11.3 Å². The summed E-state index contributed by atoms with van der Waals surface area (Å²) >= 11 is 1.78. The molecule has 1 aromatic rings. The second-order valence-corrected chi connectivity index (χ2v) is 5.93. The van der Waals surface area contributed by atoms with Crippen LogP contribution in [0.2, 0.25) is 0 Å². The van der Waals surface area contributed by atoms with Crippen LogP contribution in [0.3, 0.4) is 0 Å². The van der Waals surface area contributed by atoms with E-state index < -0.39 is 0 Å². The van der Waals surface area contributed by atoms with Crippen LogP contribution in [0.5, 0.6) is 0 Å². The molecule has 1 rings (SSSR count). The van der Waals surface area contributed by atoms with Gasteiger partial charge in [-0.25, -0.2) is 0 Å². The first-order valence-corrected chi connectivity index (χ1v) is 6.16. The van der Waals surface area contributed by atoms with Gasteiger partial charge >= 0.3 is 0 Å². The van der Waals surface area contributed by atoms with Crippen molar-refractivity contribution in [2.45, 2.75) is 33.6 Å². The van der Waals surface area contributed by atoms with Crippen molar-refractivity contribution in [3.05, 3.63) is 22.4 Å². The number of nitrogens with one attached hydrogen (secondary N) is 1. The molecular formula is C12H21NS. The van der Waals surface area contributed by atoms with E-state index in [1.54, 1.807) is 11.3 Å². The molecule has 0 aromatic carbocycles. The Balaban J connectivity index is 2.26. The van der Waals surface area contributed by atoms with Crippen molar-refractivity contribution in [1.82, 2.24) is 5.32 Å². The van der Waals surface area contributed by atoms with Crippen LogP contribution in [0.15, 0.2) is 16.8 Å². The van der Waals surface area contributed by atoms with E-state index in [9.17, 15) is 0 Å². The molecule has 1 nitrogen and oxygen atoms in total. The van der Waals surface area contributed by atoms with Crippen LogP contribution in [0.4, 0.5) is 0 Å². The van der Waals surface area contributed by atoms with E-state index >= 15 is 0 Å². The lowest BCUT2D eigenvalue weighted by molar-refractivity contribution is 0.375. The molecule has 0 saturated carbocycles. The first kappa shape index (κ1) is 11.7. The number of hydrogen-bond acceptors (Lipinski definition) is 2. The quantitative estimate of drug-likeness (QED) is 0.804. The lowest BCUT2D eigenvalue weighted by Crippen LogP contribution is -2.29. The van der Waals surface area contributed by atoms with E-state index in [1.807, 2.05) is 0 Å². The lowest BCUT2D eigenvalue weighted by Gasteiger charge is -2.20. The van der Waals surface area contributed by atoms with E-state index in [2.05, 4.69) is 49.8 Å². The normalized spacial score (nSPS) is 14.3. The monoisotopic (exact) mass is 211 g/mol. The third kappa shape index (κ3) is 4.25. The Labute approximate surface area is 91.5 Å². The summed E-state index contributed by atoms with van der Waals surface area (Å²) in [5, 5.41) is 7.91. The fourth-order valence-corrected chi connectivity index (χ4v) is 2.12. The molecule has 0 aliphatic heterocycles. The Kier molecular flexibility index (Phi) is 4.14. The molecule has 0 aliphatic carbocycles. The second-order valence-electron chi connectivity index (χ2n) is 5.15. The minimum Gasteiger partial charge on any atom is -0.316 e. The maximum atomic E-state index is 3.52. The molecule has 0 fully saturated rings. The molecule has 1 atom stereocenters. The van der Waals surface area contributed by atoms with Crippen molar-refractivity contribution < 1.29 is 0 Å². The molecule has 1 heterocycles. The first-order valence-electron chi connectivity index (χ1n) is 5.22. The van der Waals surface area contributed by atoms with Gasteiger partial charge in [-0.15, -0.1) is 0 Å². The van der Waals surface area contributed by atoms with Crippen LogP contribution in [0, 0.1) is 5.41 Å². The van der Waals surface area contributed by atoms with E-state index in [4.69, 9.17) is 0 Å². The first-order chi connectivity index (χ1) is 6.49. The molecule has 14 heavy (non-hydrogen) atoms. The lowest BCUT2D eigenvalue weighted by atomic mass is 9.96. The fraction of sp³-hybridized carbons (Fsp3) is 0.667. The molecule has 1 N–H and O–H groups in total. The molecule has 0 saturated heterocycles. The highest BCUT2D eigenvalue weighted by Crippen LogP contribution is 2.17. The third-order valence-electron chi connectivity index (χ3n) is 2.22. The van der Waals surface area contributed by atoms with Crippen LogP contribution in [-0.4, -0.2) is 13.1 Å². The summed E-state index contributed by atoms with van der Waals surface area (Å²) in [4.78, 5) is 0. The SMILES string of the molecule is CC(CNCC(C)(C)C)c1ccsc1. The average molecular weight is 211 g/mol. The molecule has 0 bridgehead atoms. The zero-order valence-electron chi connectivity index (χ0n) is 9.63. The van der Waals surface area contributed by atoms with Crippen molar-refractivity contribution in [2.75, 3.05) is 13.1 Å². The Morgan fingerprint density at radius 2 is 2.14 bits per heavy atom. The van der Waals surface area contributed by atoms with Crippen LogP contribution < -0.4 is 5.32 Å². The fourth-order valence-electron chi connectivity index (χ4n) is 1.34. The van der Waals surface area contributed by atoms with Crippen molar-refractivity contribution in [1.29, 1.82) is 0 Å². The van der Waals surface area contributed by atoms with E-state index in [1.165, 1.54) is 5.56 Å². The Bertz CT molecular complexity index is 246. The smallest absolute Gasteiger partial charge is 0.00180 e. The van der Waals surface area contributed by atoms with Crippen molar-refractivity contribution in [3.8, 4) is 0 Å². The predicted octanol–water partition coefficient (Wildman–Crippen LogP) is 3.49. The van der Waals surface area contributed by atoms with Gasteiger partial charge in [0.25, 0.3) is 0 Å². The molecule has 2 heteroatoms. The van der Waals surface area contributed by atoms with Gasteiger partial charge in [0, 0.05) is 13.1 Å². The molecule has 0 spiro atoms. The molecule has 0 aliphatic rings. The highest BCUT2D eigenvalue weighted by atomic mass is 32.1. The van der Waals surface area contributed by atoms with E-state index in [0.29, 0.717) is 11.3 Å². The average Bonchev–Trinajstić information content (AvgIpc) is 2.53. The van der Waals surface area contributed by atoms with Crippen LogP contribution in [0.1, 0.15) is 39.2 Å². The van der Waals surface area contributed by atoms with Gasteiger partial charge in [-0.05, 0) is 33.7 Å². The summed E-state index contributed by atoms with van der Waals surface area (Å²) in [6.07, 6.45) is 0. The molecule has 1 unspecified atom stereocenters. The van der Waals surface area contributed by atoms with E-state index in [0.717, 1.165) is 13.1 Å². The van der Waals surface area contributed by atoms with Crippen LogP contribution in [0.25, 0.3) is 0 Å². The summed E-state index contributed by atoms with van der Waals surface area (Å²) in [5.74, 6) is 0.628.